The molecule has 0 aliphatic carbocycles. The van der Waals surface area contributed by atoms with Gasteiger partial charge in [0.25, 0.3) is 0 Å². The van der Waals surface area contributed by atoms with E-state index in [9.17, 15) is 15.0 Å². The minimum Gasteiger partial charge on any atom is -0.506 e. The molecule has 0 saturated heterocycles. The standard InChI is InChI=1S/C17H17N3O3/c18-12(8-10-9-19-13-5-2-1-4-11(10)13)17(23)20-16-14(21)6-3-7-15(16)22/h1-7,9,12,19,21-22H,8,18H2,(H,20,23)/t12-/m1/s1. The third-order valence-corrected chi connectivity index (χ3v) is 3.72. The molecule has 0 bridgehead atoms. The summed E-state index contributed by atoms with van der Waals surface area (Å²) in [5.74, 6) is -0.901. The van der Waals surface area contributed by atoms with Crippen molar-refractivity contribution in [1.29, 1.82) is 0 Å². The van der Waals surface area contributed by atoms with Crippen molar-refractivity contribution in [2.24, 2.45) is 5.73 Å². The van der Waals surface area contributed by atoms with Gasteiger partial charge in [0.2, 0.25) is 5.91 Å². The Morgan fingerprint density at radius 2 is 1.83 bits per heavy atom. The van der Waals surface area contributed by atoms with E-state index in [1.54, 1.807) is 0 Å². The Kier molecular flexibility index (Phi) is 3.91. The molecule has 1 amide bonds. The van der Waals surface area contributed by atoms with Crippen molar-refractivity contribution >= 4 is 22.5 Å². The van der Waals surface area contributed by atoms with Crippen LogP contribution in [0.2, 0.25) is 0 Å². The number of hydrogen-bond donors (Lipinski definition) is 5. The first-order chi connectivity index (χ1) is 11.1. The van der Waals surface area contributed by atoms with Crippen molar-refractivity contribution in [1.82, 2.24) is 4.98 Å². The zero-order chi connectivity index (χ0) is 16.4. The lowest BCUT2D eigenvalue weighted by atomic mass is 10.0. The van der Waals surface area contributed by atoms with Crippen LogP contribution < -0.4 is 11.1 Å². The number of phenols is 2. The number of aromatic amines is 1. The fourth-order valence-electron chi connectivity index (χ4n) is 2.50. The summed E-state index contributed by atoms with van der Waals surface area (Å²) in [5.41, 5.74) is 7.84. The molecule has 3 aromatic rings. The zero-order valence-electron chi connectivity index (χ0n) is 12.3. The van der Waals surface area contributed by atoms with E-state index in [-0.39, 0.29) is 17.2 Å². The number of carbonyl (C=O) groups excluding carboxylic acids is 1. The molecule has 1 heterocycles. The Hall–Kier alpha value is -2.99. The molecule has 0 saturated carbocycles. The fraction of sp³-hybridized carbons (Fsp3) is 0.118. The smallest absolute Gasteiger partial charge is 0.241 e. The number of para-hydroxylation sites is 2. The minimum atomic E-state index is -0.812. The van der Waals surface area contributed by atoms with Crippen LogP contribution in [0.4, 0.5) is 5.69 Å². The van der Waals surface area contributed by atoms with Gasteiger partial charge in [-0.15, -0.1) is 0 Å². The Morgan fingerprint density at radius 1 is 1.13 bits per heavy atom. The van der Waals surface area contributed by atoms with Crippen molar-refractivity contribution in [2.75, 3.05) is 5.32 Å². The summed E-state index contributed by atoms with van der Waals surface area (Å²) >= 11 is 0. The lowest BCUT2D eigenvalue weighted by molar-refractivity contribution is -0.117. The van der Waals surface area contributed by atoms with Crippen LogP contribution >= 0.6 is 0 Å². The highest BCUT2D eigenvalue weighted by Crippen LogP contribution is 2.32. The molecule has 0 spiro atoms. The number of rotatable bonds is 4. The normalized spacial score (nSPS) is 12.2. The number of benzene rings is 2. The molecule has 3 rings (SSSR count). The summed E-state index contributed by atoms with van der Waals surface area (Å²) in [6.07, 6.45) is 2.17. The summed E-state index contributed by atoms with van der Waals surface area (Å²) in [6, 6.07) is 11.2. The number of nitrogens with one attached hydrogen (secondary N) is 2. The maximum absolute atomic E-state index is 12.2. The first-order valence-corrected chi connectivity index (χ1v) is 7.18. The molecule has 1 aromatic heterocycles. The molecule has 2 aromatic carbocycles. The van der Waals surface area contributed by atoms with Crippen LogP contribution in [0.25, 0.3) is 10.9 Å². The van der Waals surface area contributed by atoms with E-state index in [4.69, 9.17) is 5.73 Å². The molecule has 6 N–H and O–H groups in total. The van der Waals surface area contributed by atoms with Gasteiger partial charge in [0.1, 0.15) is 17.2 Å². The van der Waals surface area contributed by atoms with Crippen LogP contribution in [-0.4, -0.2) is 27.1 Å². The van der Waals surface area contributed by atoms with E-state index in [0.717, 1.165) is 16.5 Å². The van der Waals surface area contributed by atoms with Crippen LogP contribution in [0.5, 0.6) is 11.5 Å². The van der Waals surface area contributed by atoms with Crippen molar-refractivity contribution < 1.29 is 15.0 Å². The number of phenolic OH excluding ortho intramolecular Hbond substituents is 2. The second-order valence-electron chi connectivity index (χ2n) is 5.33. The molecule has 0 radical (unpaired) electrons. The van der Waals surface area contributed by atoms with Gasteiger partial charge in [-0.25, -0.2) is 0 Å². The maximum atomic E-state index is 12.2. The fourth-order valence-corrected chi connectivity index (χ4v) is 2.50. The van der Waals surface area contributed by atoms with Crippen LogP contribution in [0.3, 0.4) is 0 Å². The van der Waals surface area contributed by atoms with Crippen molar-refractivity contribution in [3.8, 4) is 11.5 Å². The van der Waals surface area contributed by atoms with Gasteiger partial charge < -0.3 is 26.2 Å². The van der Waals surface area contributed by atoms with Gasteiger partial charge in [-0.3, -0.25) is 4.79 Å². The Morgan fingerprint density at radius 3 is 2.57 bits per heavy atom. The summed E-state index contributed by atoms with van der Waals surface area (Å²) < 4.78 is 0. The van der Waals surface area contributed by atoms with Gasteiger partial charge >= 0.3 is 0 Å². The summed E-state index contributed by atoms with van der Waals surface area (Å²) in [7, 11) is 0. The molecular formula is C17H17N3O3. The number of aromatic nitrogens is 1. The topological polar surface area (TPSA) is 111 Å². The molecule has 0 unspecified atom stereocenters. The van der Waals surface area contributed by atoms with Crippen molar-refractivity contribution in [3.05, 3.63) is 54.2 Å². The Balaban J connectivity index is 1.75. The quantitative estimate of drug-likeness (QED) is 0.475. The van der Waals surface area contributed by atoms with Gasteiger partial charge in [0.15, 0.2) is 0 Å². The lowest BCUT2D eigenvalue weighted by Crippen LogP contribution is -2.37. The Labute approximate surface area is 132 Å². The summed E-state index contributed by atoms with van der Waals surface area (Å²) in [4.78, 5) is 15.3. The van der Waals surface area contributed by atoms with Gasteiger partial charge in [0, 0.05) is 17.1 Å². The molecule has 0 fully saturated rings. The largest absolute Gasteiger partial charge is 0.506 e. The summed E-state index contributed by atoms with van der Waals surface area (Å²) in [6.45, 7) is 0. The van der Waals surface area contributed by atoms with Crippen LogP contribution in [-0.2, 0) is 11.2 Å². The number of nitrogens with two attached hydrogens (primary N) is 1. The number of hydrogen-bond acceptors (Lipinski definition) is 4. The van der Waals surface area contributed by atoms with E-state index in [2.05, 4.69) is 10.3 Å². The van der Waals surface area contributed by atoms with Crippen LogP contribution in [0.1, 0.15) is 5.56 Å². The first-order valence-electron chi connectivity index (χ1n) is 7.18. The molecule has 0 aliphatic heterocycles. The Bertz CT molecular complexity index is 837. The second kappa shape index (κ2) is 6.02. The number of aromatic hydroxyl groups is 2. The third kappa shape index (κ3) is 2.97. The molecule has 0 aliphatic rings. The highest BCUT2D eigenvalue weighted by molar-refractivity contribution is 5.98. The van der Waals surface area contributed by atoms with Crippen molar-refractivity contribution in [3.63, 3.8) is 0 Å². The van der Waals surface area contributed by atoms with E-state index in [0.29, 0.717) is 6.42 Å². The van der Waals surface area contributed by atoms with Gasteiger partial charge in [-0.05, 0) is 30.2 Å². The van der Waals surface area contributed by atoms with Crippen LogP contribution in [0, 0.1) is 0 Å². The average Bonchev–Trinajstić information content (AvgIpc) is 2.94. The molecule has 118 valence electrons. The molecule has 23 heavy (non-hydrogen) atoms. The van der Waals surface area contributed by atoms with Gasteiger partial charge in [0.05, 0.1) is 6.04 Å². The number of carbonyl (C=O) groups is 1. The van der Waals surface area contributed by atoms with E-state index in [1.165, 1.54) is 18.2 Å². The average molecular weight is 311 g/mol. The maximum Gasteiger partial charge on any atom is 0.241 e. The molecule has 6 nitrogen and oxygen atoms in total. The van der Waals surface area contributed by atoms with E-state index >= 15 is 0 Å². The van der Waals surface area contributed by atoms with Gasteiger partial charge in [-0.1, -0.05) is 24.3 Å². The summed E-state index contributed by atoms with van der Waals surface area (Å²) in [5, 5.41) is 22.9. The predicted octanol–water partition coefficient (Wildman–Crippen LogP) is 2.09. The zero-order valence-corrected chi connectivity index (χ0v) is 12.3. The SMILES string of the molecule is N[C@H](Cc1c[nH]c2ccccc12)C(=O)Nc1c(O)cccc1O. The monoisotopic (exact) mass is 311 g/mol. The van der Waals surface area contributed by atoms with Crippen molar-refractivity contribution in [2.45, 2.75) is 12.5 Å². The van der Waals surface area contributed by atoms with E-state index in [1.807, 2.05) is 30.5 Å². The second-order valence-corrected chi connectivity index (χ2v) is 5.33. The number of amides is 1. The first kappa shape index (κ1) is 14.9. The lowest BCUT2D eigenvalue weighted by Gasteiger charge is -2.13. The third-order valence-electron chi connectivity index (χ3n) is 3.72. The van der Waals surface area contributed by atoms with Gasteiger partial charge in [-0.2, -0.15) is 0 Å². The molecule has 1 atom stereocenters. The number of H-pyrrole nitrogens is 1. The number of fused-ring (bicyclic) bond motifs is 1. The highest BCUT2D eigenvalue weighted by Gasteiger charge is 2.19. The van der Waals surface area contributed by atoms with E-state index < -0.39 is 11.9 Å². The molecule has 6 heteroatoms. The highest BCUT2D eigenvalue weighted by atomic mass is 16.3. The molecular weight excluding hydrogens is 294 g/mol. The van der Waals surface area contributed by atoms with Crippen LogP contribution in [0.15, 0.2) is 48.7 Å². The predicted molar refractivity (Wildman–Crippen MR) is 88.4 cm³/mol. The number of anilines is 1. The minimum absolute atomic E-state index is 0.0353.